The summed E-state index contributed by atoms with van der Waals surface area (Å²) in [6, 6.07) is 2.57. The van der Waals surface area contributed by atoms with E-state index in [1.807, 2.05) is 0 Å². The summed E-state index contributed by atoms with van der Waals surface area (Å²) in [5.41, 5.74) is -5.96. The standard InChI is InChI=1S/C18H12F9N3O2S/c19-16(20,21)9-1-6-12(13(7-9)17(22,23)24)14-8-15(18(25,26)27)29-30(14)10-2-4-11(5-3-10)33(28,31)32/h1-7,14H,8H2,(H2,28,31,32). The van der Waals surface area contributed by atoms with Crippen LogP contribution in [0.1, 0.15) is 29.2 Å². The molecule has 1 atom stereocenters. The number of sulfonamides is 1. The van der Waals surface area contributed by atoms with Crippen LogP contribution in [0.3, 0.4) is 0 Å². The summed E-state index contributed by atoms with van der Waals surface area (Å²) in [7, 11) is -4.18. The van der Waals surface area contributed by atoms with E-state index in [-0.39, 0.29) is 11.8 Å². The maximum absolute atomic E-state index is 13.6. The van der Waals surface area contributed by atoms with Crippen molar-refractivity contribution in [1.82, 2.24) is 0 Å². The number of alkyl halides is 9. The fraction of sp³-hybridized carbons (Fsp3) is 0.278. The summed E-state index contributed by atoms with van der Waals surface area (Å²) in [4.78, 5) is -0.424. The molecule has 0 bridgehead atoms. The molecule has 33 heavy (non-hydrogen) atoms. The van der Waals surface area contributed by atoms with Gasteiger partial charge in [-0.05, 0) is 42.0 Å². The first kappa shape index (κ1) is 24.8. The summed E-state index contributed by atoms with van der Waals surface area (Å²) >= 11 is 0. The quantitative estimate of drug-likeness (QED) is 0.580. The molecule has 0 saturated carbocycles. The van der Waals surface area contributed by atoms with Crippen LogP contribution in [0, 0.1) is 0 Å². The number of hydrogen-bond acceptors (Lipinski definition) is 4. The van der Waals surface area contributed by atoms with Crippen molar-refractivity contribution in [2.45, 2.75) is 35.9 Å². The molecule has 0 fully saturated rings. The van der Waals surface area contributed by atoms with Gasteiger partial charge in [-0.1, -0.05) is 6.07 Å². The van der Waals surface area contributed by atoms with Crippen LogP contribution in [0.5, 0.6) is 0 Å². The molecule has 0 amide bonds. The minimum atomic E-state index is -5.32. The highest BCUT2D eigenvalue weighted by Gasteiger charge is 2.47. The van der Waals surface area contributed by atoms with Gasteiger partial charge in [0.25, 0.3) is 0 Å². The number of hydrazone groups is 1. The smallest absolute Gasteiger partial charge is 0.257 e. The number of hydrogen-bond donors (Lipinski definition) is 1. The molecule has 0 radical (unpaired) electrons. The van der Waals surface area contributed by atoms with Crippen LogP contribution < -0.4 is 10.1 Å². The fourth-order valence-corrected chi connectivity index (χ4v) is 3.73. The number of halogens is 9. The van der Waals surface area contributed by atoms with Crippen molar-refractivity contribution in [3.63, 3.8) is 0 Å². The van der Waals surface area contributed by atoms with Crippen molar-refractivity contribution in [2.75, 3.05) is 5.01 Å². The van der Waals surface area contributed by atoms with Gasteiger partial charge in [-0.2, -0.15) is 44.6 Å². The van der Waals surface area contributed by atoms with Crippen LogP contribution in [0.4, 0.5) is 45.2 Å². The topological polar surface area (TPSA) is 75.8 Å². The third-order valence-corrected chi connectivity index (χ3v) is 5.64. The van der Waals surface area contributed by atoms with Crippen LogP contribution in [0.2, 0.25) is 0 Å². The molecular formula is C18H12F9N3O2S. The highest BCUT2D eigenvalue weighted by Crippen LogP contribution is 2.45. The third kappa shape index (κ3) is 5.24. The van der Waals surface area contributed by atoms with E-state index in [1.165, 1.54) is 0 Å². The number of anilines is 1. The molecule has 3 rings (SSSR count). The first-order valence-electron chi connectivity index (χ1n) is 8.74. The molecule has 0 aromatic heterocycles. The van der Waals surface area contributed by atoms with Crippen molar-refractivity contribution in [2.24, 2.45) is 10.2 Å². The zero-order valence-corrected chi connectivity index (χ0v) is 16.7. The van der Waals surface area contributed by atoms with E-state index in [1.54, 1.807) is 0 Å². The monoisotopic (exact) mass is 505 g/mol. The Morgan fingerprint density at radius 2 is 1.42 bits per heavy atom. The Labute approximate surface area is 180 Å². The SMILES string of the molecule is NS(=O)(=O)c1ccc(N2N=C(C(F)(F)F)CC2c2ccc(C(F)(F)F)cc2C(F)(F)F)cc1. The summed E-state index contributed by atoms with van der Waals surface area (Å²) in [5, 5.41) is 8.82. The lowest BCUT2D eigenvalue weighted by atomic mass is 9.94. The molecule has 1 unspecified atom stereocenters. The zero-order valence-electron chi connectivity index (χ0n) is 15.9. The Morgan fingerprint density at radius 1 is 0.848 bits per heavy atom. The van der Waals surface area contributed by atoms with Crippen LogP contribution >= 0.6 is 0 Å². The van der Waals surface area contributed by atoms with Gasteiger partial charge >= 0.3 is 18.5 Å². The Balaban J connectivity index is 2.16. The maximum atomic E-state index is 13.6. The molecule has 5 nitrogen and oxygen atoms in total. The molecule has 1 heterocycles. The third-order valence-electron chi connectivity index (χ3n) is 4.71. The fourth-order valence-electron chi connectivity index (χ4n) is 3.22. The summed E-state index contributed by atoms with van der Waals surface area (Å²) in [5.74, 6) is 0. The highest BCUT2D eigenvalue weighted by molar-refractivity contribution is 7.89. The molecule has 1 aliphatic rings. The minimum absolute atomic E-state index is 0.177. The summed E-state index contributed by atoms with van der Waals surface area (Å²) < 4.78 is 142. The molecule has 0 spiro atoms. The van der Waals surface area contributed by atoms with Gasteiger partial charge in [-0.15, -0.1) is 0 Å². The van der Waals surface area contributed by atoms with Gasteiger partial charge in [0.2, 0.25) is 10.0 Å². The van der Waals surface area contributed by atoms with Crippen molar-refractivity contribution in [3.05, 3.63) is 59.2 Å². The van der Waals surface area contributed by atoms with Crippen LogP contribution in [-0.2, 0) is 22.4 Å². The lowest BCUT2D eigenvalue weighted by molar-refractivity contribution is -0.143. The number of nitrogens with zero attached hydrogens (tertiary/aromatic N) is 2. The Kier molecular flexibility index (Phi) is 5.94. The predicted octanol–water partition coefficient (Wildman–Crippen LogP) is 5.24. The average Bonchev–Trinajstić information content (AvgIpc) is 3.11. The van der Waals surface area contributed by atoms with Gasteiger partial charge in [0.05, 0.1) is 27.8 Å². The number of nitrogens with two attached hydrogens (primary N) is 1. The van der Waals surface area contributed by atoms with Crippen molar-refractivity contribution >= 4 is 21.4 Å². The Hall–Kier alpha value is -2.81. The van der Waals surface area contributed by atoms with Crippen molar-refractivity contribution in [3.8, 4) is 0 Å². The van der Waals surface area contributed by atoms with Gasteiger partial charge in [-0.25, -0.2) is 13.6 Å². The lowest BCUT2D eigenvalue weighted by Crippen LogP contribution is -2.24. The molecular weight excluding hydrogens is 493 g/mol. The van der Waals surface area contributed by atoms with E-state index in [4.69, 9.17) is 5.14 Å². The largest absolute Gasteiger partial charge is 0.431 e. The number of rotatable bonds is 3. The highest BCUT2D eigenvalue weighted by atomic mass is 32.2. The van der Waals surface area contributed by atoms with Gasteiger partial charge in [-0.3, -0.25) is 5.01 Å². The first-order chi connectivity index (χ1) is 14.9. The second-order valence-electron chi connectivity index (χ2n) is 6.95. The van der Waals surface area contributed by atoms with Crippen LogP contribution in [0.25, 0.3) is 0 Å². The van der Waals surface area contributed by atoms with E-state index >= 15 is 0 Å². The molecule has 2 N–H and O–H groups in total. The van der Waals surface area contributed by atoms with E-state index < -0.39 is 68.3 Å². The lowest BCUT2D eigenvalue weighted by Gasteiger charge is -2.27. The van der Waals surface area contributed by atoms with Crippen LogP contribution in [0.15, 0.2) is 52.5 Å². The summed E-state index contributed by atoms with van der Waals surface area (Å²) in [6.45, 7) is 0. The maximum Gasteiger partial charge on any atom is 0.431 e. The van der Waals surface area contributed by atoms with Gasteiger partial charge in [0.1, 0.15) is 5.71 Å². The molecule has 2 aromatic rings. The Morgan fingerprint density at radius 3 is 1.88 bits per heavy atom. The second-order valence-corrected chi connectivity index (χ2v) is 8.51. The molecule has 15 heteroatoms. The van der Waals surface area contributed by atoms with E-state index in [0.717, 1.165) is 24.3 Å². The van der Waals surface area contributed by atoms with Gasteiger partial charge in [0.15, 0.2) is 0 Å². The molecule has 1 aliphatic heterocycles. The first-order valence-corrected chi connectivity index (χ1v) is 10.3. The Bertz CT molecular complexity index is 1180. The molecule has 0 aliphatic carbocycles. The minimum Gasteiger partial charge on any atom is -0.257 e. The van der Waals surface area contributed by atoms with E-state index in [9.17, 15) is 47.9 Å². The second kappa shape index (κ2) is 7.90. The number of benzene rings is 2. The molecule has 2 aromatic carbocycles. The van der Waals surface area contributed by atoms with Crippen LogP contribution in [-0.4, -0.2) is 20.3 Å². The van der Waals surface area contributed by atoms with E-state index in [0.29, 0.717) is 17.1 Å². The predicted molar refractivity (Wildman–Crippen MR) is 97.6 cm³/mol. The van der Waals surface area contributed by atoms with E-state index in [2.05, 4.69) is 5.10 Å². The number of primary sulfonamides is 1. The normalized spacial score (nSPS) is 17.9. The van der Waals surface area contributed by atoms with Crippen molar-refractivity contribution in [1.29, 1.82) is 0 Å². The zero-order chi connectivity index (χ0) is 25.0. The molecule has 180 valence electrons. The average molecular weight is 505 g/mol. The van der Waals surface area contributed by atoms with Gasteiger partial charge < -0.3 is 0 Å². The molecule has 0 saturated heterocycles. The summed E-state index contributed by atoms with van der Waals surface area (Å²) in [6.07, 6.45) is -16.6. The van der Waals surface area contributed by atoms with Gasteiger partial charge in [0, 0.05) is 6.42 Å². The van der Waals surface area contributed by atoms with Crippen molar-refractivity contribution < 1.29 is 47.9 Å².